The van der Waals surface area contributed by atoms with Gasteiger partial charge >= 0.3 is 5.97 Å². The van der Waals surface area contributed by atoms with Crippen molar-refractivity contribution in [3.05, 3.63) is 11.6 Å². The molecule has 166 valence electrons. The molecule has 0 N–H and O–H groups in total. The normalized spacial score (nSPS) is 33.1. The van der Waals surface area contributed by atoms with E-state index < -0.39 is 13.7 Å². The Morgan fingerprint density at radius 1 is 1.28 bits per heavy atom. The summed E-state index contributed by atoms with van der Waals surface area (Å²) >= 11 is 0. The van der Waals surface area contributed by atoms with Gasteiger partial charge in [-0.15, -0.1) is 0 Å². The molecule has 29 heavy (non-hydrogen) atoms. The predicted octanol–water partition coefficient (Wildman–Crippen LogP) is 5.78. The van der Waals surface area contributed by atoms with Crippen LogP contribution in [0.4, 0.5) is 0 Å². The van der Waals surface area contributed by atoms with Gasteiger partial charge in [-0.2, -0.15) is 0 Å². The van der Waals surface area contributed by atoms with Gasteiger partial charge in [0.1, 0.15) is 5.78 Å². The van der Waals surface area contributed by atoms with Crippen molar-refractivity contribution >= 4 is 20.1 Å². The summed E-state index contributed by atoms with van der Waals surface area (Å²) in [7, 11) is -1.84. The van der Waals surface area contributed by atoms with Gasteiger partial charge in [0.25, 0.3) is 0 Å². The third-order valence-electron chi connectivity index (χ3n) is 8.04. The van der Waals surface area contributed by atoms with Gasteiger partial charge in [0, 0.05) is 18.4 Å². The third-order valence-corrected chi connectivity index (χ3v) is 12.6. The minimum Gasteiger partial charge on any atom is -0.466 e. The summed E-state index contributed by atoms with van der Waals surface area (Å²) in [6, 6.07) is 0. The molecule has 0 aromatic carbocycles. The van der Waals surface area contributed by atoms with Crippen LogP contribution in [0.3, 0.4) is 0 Å². The molecule has 0 aromatic rings. The molecule has 0 aromatic heterocycles. The molecule has 1 saturated carbocycles. The third kappa shape index (κ3) is 4.56. The number of fused-ring (bicyclic) bond motifs is 1. The van der Waals surface area contributed by atoms with E-state index in [1.807, 2.05) is 20.8 Å². The van der Waals surface area contributed by atoms with Crippen LogP contribution in [-0.4, -0.2) is 33.3 Å². The average molecular weight is 423 g/mol. The van der Waals surface area contributed by atoms with Gasteiger partial charge in [-0.3, -0.25) is 9.59 Å². The van der Waals surface area contributed by atoms with E-state index in [2.05, 4.69) is 46.9 Å². The number of carbonyl (C=O) groups excluding carboxylic acids is 2. The van der Waals surface area contributed by atoms with Crippen LogP contribution in [0.25, 0.3) is 0 Å². The van der Waals surface area contributed by atoms with E-state index in [0.29, 0.717) is 13.2 Å². The van der Waals surface area contributed by atoms with E-state index in [0.717, 1.165) is 24.8 Å². The smallest absolute Gasteiger partial charge is 0.312 e. The highest BCUT2D eigenvalue weighted by molar-refractivity contribution is 6.74. The predicted molar refractivity (Wildman–Crippen MR) is 120 cm³/mol. The SMILES string of the molecule is CCOC(=O)[C@@]1(C)[C@@H](CCO[Si](C)(C)C(C)(C)C)C(C)=C[C@H]2C(=O)[C@@H](C)CC[C@@H]21. The molecule has 0 saturated heterocycles. The molecule has 2 rings (SSSR count). The van der Waals surface area contributed by atoms with Gasteiger partial charge in [0.05, 0.1) is 12.0 Å². The summed E-state index contributed by atoms with van der Waals surface area (Å²) in [6.07, 6.45) is 4.70. The minimum absolute atomic E-state index is 0.0202. The molecule has 1 fully saturated rings. The molecule has 0 spiro atoms. The molecule has 5 atom stereocenters. The number of esters is 1. The summed E-state index contributed by atoms with van der Waals surface area (Å²) in [5.41, 5.74) is 0.467. The number of allylic oxidation sites excluding steroid dienone is 2. The summed E-state index contributed by atoms with van der Waals surface area (Å²) in [5.74, 6) is 0.116. The maximum Gasteiger partial charge on any atom is 0.312 e. The lowest BCUT2D eigenvalue weighted by Crippen LogP contribution is -2.53. The zero-order valence-electron chi connectivity index (χ0n) is 20.1. The molecule has 2 aliphatic rings. The Labute approximate surface area is 178 Å². The number of hydrogen-bond acceptors (Lipinski definition) is 4. The molecule has 0 radical (unpaired) electrons. The van der Waals surface area contributed by atoms with E-state index >= 15 is 0 Å². The van der Waals surface area contributed by atoms with Crippen LogP contribution < -0.4 is 0 Å². The fourth-order valence-corrected chi connectivity index (χ4v) is 6.10. The van der Waals surface area contributed by atoms with Crippen molar-refractivity contribution in [1.82, 2.24) is 0 Å². The van der Waals surface area contributed by atoms with Gasteiger partial charge in [0.2, 0.25) is 0 Å². The summed E-state index contributed by atoms with van der Waals surface area (Å²) in [4.78, 5) is 26.2. The van der Waals surface area contributed by atoms with Crippen LogP contribution in [-0.2, 0) is 18.8 Å². The molecule has 0 aliphatic heterocycles. The molecular weight excluding hydrogens is 380 g/mol. The van der Waals surface area contributed by atoms with Crippen molar-refractivity contribution in [2.75, 3.05) is 13.2 Å². The lowest BCUT2D eigenvalue weighted by Gasteiger charge is -2.50. The highest BCUT2D eigenvalue weighted by Gasteiger charge is 2.56. The Balaban J connectivity index is 2.33. The molecule has 0 bridgehead atoms. The fourth-order valence-electron chi connectivity index (χ4n) is 5.04. The zero-order valence-corrected chi connectivity index (χ0v) is 21.1. The highest BCUT2D eigenvalue weighted by atomic mass is 28.4. The molecular formula is C24H42O4Si. The fraction of sp³-hybridized carbons (Fsp3) is 0.833. The second-order valence-corrected chi connectivity index (χ2v) is 15.7. The number of hydrogen-bond donors (Lipinski definition) is 0. The number of rotatable bonds is 6. The van der Waals surface area contributed by atoms with Gasteiger partial charge in [-0.25, -0.2) is 0 Å². The van der Waals surface area contributed by atoms with Crippen molar-refractivity contribution in [3.8, 4) is 0 Å². The second kappa shape index (κ2) is 8.66. The Morgan fingerprint density at radius 2 is 1.90 bits per heavy atom. The van der Waals surface area contributed by atoms with Crippen LogP contribution in [0, 0.1) is 29.1 Å². The first-order chi connectivity index (χ1) is 13.3. The number of Topliss-reactive ketones (excluding diaryl/α,β-unsaturated/α-hetero) is 1. The van der Waals surface area contributed by atoms with Gasteiger partial charge in [-0.1, -0.05) is 39.3 Å². The van der Waals surface area contributed by atoms with E-state index in [9.17, 15) is 9.59 Å². The van der Waals surface area contributed by atoms with E-state index in [-0.39, 0.29) is 40.5 Å². The molecule has 4 nitrogen and oxygen atoms in total. The van der Waals surface area contributed by atoms with Crippen molar-refractivity contribution in [2.24, 2.45) is 29.1 Å². The average Bonchev–Trinajstić information content (AvgIpc) is 2.60. The van der Waals surface area contributed by atoms with Crippen LogP contribution in [0.5, 0.6) is 0 Å². The largest absolute Gasteiger partial charge is 0.466 e. The Morgan fingerprint density at radius 3 is 2.45 bits per heavy atom. The standard InChI is InChI=1S/C24H42O4Si/c1-10-27-22(26)24(7)19(13-14-28-29(8,9)23(4,5)6)17(3)15-18-20(24)12-11-16(2)21(18)25/h15-16,18-20H,10-14H2,1-9H3/t16-,18+,19-,20-,24-/m0/s1. The zero-order chi connectivity index (χ0) is 22.2. The Hall–Kier alpha value is -0.943. The van der Waals surface area contributed by atoms with Crippen LogP contribution in [0.1, 0.15) is 67.7 Å². The molecule has 0 unspecified atom stereocenters. The highest BCUT2D eigenvalue weighted by Crippen LogP contribution is 2.54. The van der Waals surface area contributed by atoms with Crippen molar-refractivity contribution < 1.29 is 18.8 Å². The van der Waals surface area contributed by atoms with Gasteiger partial charge in [0.15, 0.2) is 8.32 Å². The molecule has 5 heteroatoms. The molecule has 0 amide bonds. The van der Waals surface area contributed by atoms with Crippen molar-refractivity contribution in [1.29, 1.82) is 0 Å². The summed E-state index contributed by atoms with van der Waals surface area (Å²) < 4.78 is 12.0. The van der Waals surface area contributed by atoms with Crippen LogP contribution in [0.15, 0.2) is 11.6 Å². The Bertz CT molecular complexity index is 660. The second-order valence-electron chi connectivity index (χ2n) is 10.9. The van der Waals surface area contributed by atoms with Crippen molar-refractivity contribution in [2.45, 2.75) is 85.9 Å². The molecule has 0 heterocycles. The minimum atomic E-state index is -1.84. The van der Waals surface area contributed by atoms with Crippen LogP contribution in [0.2, 0.25) is 18.1 Å². The topological polar surface area (TPSA) is 52.6 Å². The number of ether oxygens (including phenoxy) is 1. The summed E-state index contributed by atoms with van der Waals surface area (Å²) in [5, 5.41) is 0.159. The first-order valence-electron chi connectivity index (χ1n) is 11.3. The van der Waals surface area contributed by atoms with Gasteiger partial charge < -0.3 is 9.16 Å². The van der Waals surface area contributed by atoms with Crippen molar-refractivity contribution in [3.63, 3.8) is 0 Å². The first kappa shape index (κ1) is 24.3. The summed E-state index contributed by atoms with van der Waals surface area (Å²) in [6.45, 7) is 20.3. The van der Waals surface area contributed by atoms with E-state index in [1.165, 1.54) is 0 Å². The first-order valence-corrected chi connectivity index (χ1v) is 14.2. The van der Waals surface area contributed by atoms with Crippen LogP contribution >= 0.6 is 0 Å². The lowest BCUT2D eigenvalue weighted by atomic mass is 9.52. The lowest BCUT2D eigenvalue weighted by molar-refractivity contribution is -0.166. The number of carbonyl (C=O) groups is 2. The molecule has 2 aliphatic carbocycles. The van der Waals surface area contributed by atoms with Gasteiger partial charge in [-0.05, 0) is 70.0 Å². The maximum atomic E-state index is 13.2. The Kier molecular flexibility index (Phi) is 7.26. The quantitative estimate of drug-likeness (QED) is 0.309. The number of ketones is 1. The van der Waals surface area contributed by atoms with E-state index in [1.54, 1.807) is 0 Å². The monoisotopic (exact) mass is 422 g/mol. The maximum absolute atomic E-state index is 13.2. The van der Waals surface area contributed by atoms with E-state index in [4.69, 9.17) is 9.16 Å².